The van der Waals surface area contributed by atoms with Gasteiger partial charge in [0.15, 0.2) is 9.84 Å². The van der Waals surface area contributed by atoms with E-state index in [1.54, 1.807) is 0 Å². The summed E-state index contributed by atoms with van der Waals surface area (Å²) in [6, 6.07) is 0.464. The van der Waals surface area contributed by atoms with Crippen LogP contribution in [0.5, 0.6) is 0 Å². The van der Waals surface area contributed by atoms with Crippen LogP contribution >= 0.6 is 11.6 Å². The van der Waals surface area contributed by atoms with E-state index in [1.165, 1.54) is 0 Å². The summed E-state index contributed by atoms with van der Waals surface area (Å²) in [6.45, 7) is 0. The Labute approximate surface area is 94.2 Å². The molecule has 86 valence electrons. The highest BCUT2D eigenvalue weighted by molar-refractivity contribution is 7.91. The summed E-state index contributed by atoms with van der Waals surface area (Å²) in [5.74, 6) is 0.701. The molecule has 1 fully saturated rings. The molecular weight excluding hydrogens is 238 g/mol. The Kier molecular flexibility index (Phi) is 2.92. The fourth-order valence-corrected chi connectivity index (χ4v) is 2.46. The average Bonchev–Trinajstić information content (AvgIpc) is 2.85. The first kappa shape index (κ1) is 11.2. The quantitative estimate of drug-likeness (QED) is 0.536. The van der Waals surface area contributed by atoms with Crippen molar-refractivity contribution in [1.29, 1.82) is 0 Å². The molecule has 0 bridgehead atoms. The highest BCUT2D eigenvalue weighted by atomic mass is 35.5. The number of aliphatic imine (C=N–C) groups is 1. The second-order valence-electron chi connectivity index (χ2n) is 4.01. The maximum Gasteiger partial charge on any atom is 0.205 e. The molecule has 0 spiro atoms. The zero-order chi connectivity index (χ0) is 11.1. The minimum atomic E-state index is -3.23. The van der Waals surface area contributed by atoms with Crippen LogP contribution in [0.15, 0.2) is 4.99 Å². The average molecular weight is 252 g/mol. The van der Waals surface area contributed by atoms with Crippen LogP contribution in [0.1, 0.15) is 19.3 Å². The number of hydrogen-bond acceptors (Lipinski definition) is 5. The van der Waals surface area contributed by atoms with E-state index in [0.717, 1.165) is 19.1 Å². The summed E-state index contributed by atoms with van der Waals surface area (Å²) >= 11 is 5.92. The van der Waals surface area contributed by atoms with Gasteiger partial charge in [0, 0.05) is 18.7 Å². The minimum absolute atomic E-state index is 0.372. The van der Waals surface area contributed by atoms with Crippen LogP contribution < -0.4 is 10.6 Å². The summed E-state index contributed by atoms with van der Waals surface area (Å²) in [7, 11) is -3.23. The van der Waals surface area contributed by atoms with E-state index in [2.05, 4.69) is 15.6 Å². The third-order valence-corrected chi connectivity index (χ3v) is 3.66. The molecule has 2 unspecified atom stereocenters. The fraction of sp³-hybridized carbons (Fsp3) is 0.875. The Morgan fingerprint density at radius 3 is 2.73 bits per heavy atom. The van der Waals surface area contributed by atoms with E-state index < -0.39 is 15.3 Å². The molecule has 1 aliphatic heterocycles. The van der Waals surface area contributed by atoms with Crippen molar-refractivity contribution < 1.29 is 8.42 Å². The Bertz CT molecular complexity index is 377. The predicted molar refractivity (Wildman–Crippen MR) is 59.6 cm³/mol. The van der Waals surface area contributed by atoms with E-state index in [4.69, 9.17) is 11.6 Å². The van der Waals surface area contributed by atoms with Gasteiger partial charge in [0.25, 0.3) is 0 Å². The van der Waals surface area contributed by atoms with Crippen molar-refractivity contribution in [1.82, 2.24) is 10.6 Å². The van der Waals surface area contributed by atoms with E-state index in [0.29, 0.717) is 18.3 Å². The summed E-state index contributed by atoms with van der Waals surface area (Å²) in [5, 5.41) is 5.92. The first-order valence-electron chi connectivity index (χ1n) is 4.87. The molecule has 1 aliphatic carbocycles. The Hall–Kier alpha value is -0.330. The molecule has 2 aliphatic rings. The monoisotopic (exact) mass is 251 g/mol. The molecule has 0 amide bonds. The molecular formula is C8H14ClN3O2S. The molecule has 2 atom stereocenters. The van der Waals surface area contributed by atoms with Gasteiger partial charge in [-0.1, -0.05) is 0 Å². The lowest BCUT2D eigenvalue weighted by Gasteiger charge is -2.25. The van der Waals surface area contributed by atoms with Crippen molar-refractivity contribution in [3.05, 3.63) is 0 Å². The van der Waals surface area contributed by atoms with E-state index in [-0.39, 0.29) is 5.50 Å². The number of amidine groups is 1. The minimum Gasteiger partial charge on any atom is -0.371 e. The van der Waals surface area contributed by atoms with Gasteiger partial charge in [0.05, 0.1) is 5.50 Å². The van der Waals surface area contributed by atoms with Gasteiger partial charge in [0.2, 0.25) is 5.50 Å². The van der Waals surface area contributed by atoms with Crippen LogP contribution in [0.2, 0.25) is 0 Å². The fourth-order valence-electron chi connectivity index (χ4n) is 1.39. The van der Waals surface area contributed by atoms with Gasteiger partial charge in [0.1, 0.15) is 5.84 Å². The maximum absolute atomic E-state index is 11.3. The molecule has 0 aromatic heterocycles. The SMILES string of the molecule is CS(=O)(=O)C1N=C(NC2CC2)CC(Cl)N1. The topological polar surface area (TPSA) is 70.6 Å². The normalized spacial score (nSPS) is 32.3. The summed E-state index contributed by atoms with van der Waals surface area (Å²) in [6.07, 6.45) is 3.95. The molecule has 1 saturated carbocycles. The predicted octanol–water partition coefficient (Wildman–Crippen LogP) is 0.0233. The first-order chi connectivity index (χ1) is 6.95. The number of rotatable bonds is 2. The summed E-state index contributed by atoms with van der Waals surface area (Å²) < 4.78 is 22.6. The van der Waals surface area contributed by atoms with Crippen LogP contribution in [0, 0.1) is 0 Å². The molecule has 5 nitrogen and oxygen atoms in total. The lowest BCUT2D eigenvalue weighted by Crippen LogP contribution is -2.47. The van der Waals surface area contributed by atoms with Crippen molar-refractivity contribution in [3.8, 4) is 0 Å². The van der Waals surface area contributed by atoms with Crippen molar-refractivity contribution in [2.75, 3.05) is 6.26 Å². The highest BCUT2D eigenvalue weighted by Gasteiger charge is 2.30. The van der Waals surface area contributed by atoms with Crippen molar-refractivity contribution in [2.45, 2.75) is 36.3 Å². The third kappa shape index (κ3) is 3.06. The molecule has 15 heavy (non-hydrogen) atoms. The van der Waals surface area contributed by atoms with Gasteiger partial charge in [-0.3, -0.25) is 5.32 Å². The number of nitrogens with zero attached hydrogens (tertiary/aromatic N) is 1. The standard InChI is InChI=1S/C8H14ClN3O2S/c1-15(13,14)8-11-6(9)4-7(12-8)10-5-2-3-5/h5-6,8,11H,2-4H2,1H3,(H,10,12). The molecule has 7 heteroatoms. The van der Waals surface area contributed by atoms with Gasteiger partial charge < -0.3 is 5.32 Å². The largest absolute Gasteiger partial charge is 0.371 e. The van der Waals surface area contributed by atoms with Gasteiger partial charge in [-0.2, -0.15) is 0 Å². The Morgan fingerprint density at radius 2 is 2.20 bits per heavy atom. The zero-order valence-corrected chi connectivity index (χ0v) is 9.98. The van der Waals surface area contributed by atoms with Gasteiger partial charge >= 0.3 is 0 Å². The van der Waals surface area contributed by atoms with Crippen LogP contribution in [0.3, 0.4) is 0 Å². The van der Waals surface area contributed by atoms with Gasteiger partial charge in [-0.05, 0) is 12.8 Å². The van der Waals surface area contributed by atoms with Gasteiger partial charge in [-0.25, -0.2) is 13.4 Å². The zero-order valence-electron chi connectivity index (χ0n) is 8.40. The van der Waals surface area contributed by atoms with E-state index in [1.807, 2.05) is 0 Å². The van der Waals surface area contributed by atoms with Crippen LogP contribution in [0.25, 0.3) is 0 Å². The molecule has 0 aromatic carbocycles. The first-order valence-corrected chi connectivity index (χ1v) is 7.26. The lowest BCUT2D eigenvalue weighted by molar-refractivity contribution is 0.533. The number of nitrogens with one attached hydrogen (secondary N) is 2. The number of halogens is 1. The highest BCUT2D eigenvalue weighted by Crippen LogP contribution is 2.20. The molecule has 2 N–H and O–H groups in total. The van der Waals surface area contributed by atoms with E-state index in [9.17, 15) is 8.42 Å². The second-order valence-corrected chi connectivity index (χ2v) is 6.65. The number of alkyl halides is 1. The van der Waals surface area contributed by atoms with Gasteiger partial charge in [-0.15, -0.1) is 11.6 Å². The van der Waals surface area contributed by atoms with Crippen molar-refractivity contribution >= 4 is 27.3 Å². The Morgan fingerprint density at radius 1 is 1.53 bits per heavy atom. The van der Waals surface area contributed by atoms with E-state index >= 15 is 0 Å². The number of sulfone groups is 1. The molecule has 2 rings (SSSR count). The second kappa shape index (κ2) is 3.92. The van der Waals surface area contributed by atoms with Crippen LogP contribution in [-0.2, 0) is 9.84 Å². The van der Waals surface area contributed by atoms with Crippen molar-refractivity contribution in [2.24, 2.45) is 4.99 Å². The molecule has 0 saturated heterocycles. The van der Waals surface area contributed by atoms with Crippen LogP contribution in [0.4, 0.5) is 0 Å². The molecule has 1 heterocycles. The summed E-state index contributed by atoms with van der Waals surface area (Å²) in [5.41, 5.74) is -1.28. The third-order valence-electron chi connectivity index (χ3n) is 2.32. The molecule has 0 radical (unpaired) electrons. The lowest BCUT2D eigenvalue weighted by atomic mass is 10.3. The smallest absolute Gasteiger partial charge is 0.205 e. The summed E-state index contributed by atoms with van der Waals surface area (Å²) in [4.78, 5) is 4.11. The van der Waals surface area contributed by atoms with Crippen molar-refractivity contribution in [3.63, 3.8) is 0 Å². The number of hydrogen-bond donors (Lipinski definition) is 2. The molecule has 0 aromatic rings. The van der Waals surface area contributed by atoms with Crippen LogP contribution in [-0.4, -0.2) is 37.5 Å². The maximum atomic E-state index is 11.3. The Balaban J connectivity index is 2.11.